The molecule has 3 N–H and O–H groups in total. The molecule has 0 aliphatic carbocycles. The quantitative estimate of drug-likeness (QED) is 0.876. The Morgan fingerprint density at radius 2 is 1.85 bits per heavy atom. The SMILES string of the molecule is CC(C)(C)[C@H](N)C(=O)Nc1ccc(C(F)(F)F)cc1Cl. The lowest BCUT2D eigenvalue weighted by atomic mass is 9.87. The van der Waals surface area contributed by atoms with E-state index >= 15 is 0 Å². The molecule has 1 amide bonds. The normalized spacial score (nSPS) is 14.0. The van der Waals surface area contributed by atoms with Crippen LogP contribution in [0, 0.1) is 5.41 Å². The van der Waals surface area contributed by atoms with E-state index < -0.39 is 29.1 Å². The molecule has 0 fully saturated rings. The number of benzene rings is 1. The summed E-state index contributed by atoms with van der Waals surface area (Å²) in [5.41, 5.74) is 4.51. The lowest BCUT2D eigenvalue weighted by Crippen LogP contribution is -2.45. The molecular weight excluding hydrogens is 293 g/mol. The maximum Gasteiger partial charge on any atom is 0.416 e. The highest BCUT2D eigenvalue weighted by atomic mass is 35.5. The van der Waals surface area contributed by atoms with Crippen LogP contribution in [0.25, 0.3) is 0 Å². The maximum absolute atomic E-state index is 12.5. The Morgan fingerprint density at radius 3 is 2.25 bits per heavy atom. The van der Waals surface area contributed by atoms with Gasteiger partial charge in [-0.3, -0.25) is 4.79 Å². The van der Waals surface area contributed by atoms with Crippen molar-refractivity contribution in [2.45, 2.75) is 33.0 Å². The van der Waals surface area contributed by atoms with Gasteiger partial charge in [0.15, 0.2) is 0 Å². The molecule has 0 aliphatic rings. The Labute approximate surface area is 120 Å². The summed E-state index contributed by atoms with van der Waals surface area (Å²) in [5.74, 6) is -0.501. The molecule has 1 rings (SSSR count). The molecule has 0 spiro atoms. The van der Waals surface area contributed by atoms with E-state index in [1.807, 2.05) is 0 Å². The van der Waals surface area contributed by atoms with Gasteiger partial charge in [-0.05, 0) is 23.6 Å². The van der Waals surface area contributed by atoms with E-state index in [0.29, 0.717) is 0 Å². The first-order valence-corrected chi connectivity index (χ1v) is 6.24. The highest BCUT2D eigenvalue weighted by Gasteiger charge is 2.31. The lowest BCUT2D eigenvalue weighted by molar-refractivity contribution is -0.137. The summed E-state index contributed by atoms with van der Waals surface area (Å²) >= 11 is 5.74. The zero-order valence-corrected chi connectivity index (χ0v) is 12.1. The number of alkyl halides is 3. The molecule has 7 heteroatoms. The Hall–Kier alpha value is -1.27. The first-order chi connectivity index (χ1) is 8.93. The fourth-order valence-corrected chi connectivity index (χ4v) is 1.62. The fraction of sp³-hybridized carbons (Fsp3) is 0.462. The number of carbonyl (C=O) groups is 1. The molecule has 1 aromatic rings. The third-order valence-corrected chi connectivity index (χ3v) is 3.08. The lowest BCUT2D eigenvalue weighted by Gasteiger charge is -2.26. The van der Waals surface area contributed by atoms with Crippen LogP contribution in [0.3, 0.4) is 0 Å². The zero-order valence-electron chi connectivity index (χ0n) is 11.3. The predicted octanol–water partition coefficient (Wildman–Crippen LogP) is 3.67. The number of amides is 1. The monoisotopic (exact) mass is 308 g/mol. The van der Waals surface area contributed by atoms with Gasteiger partial charge in [-0.1, -0.05) is 32.4 Å². The number of rotatable bonds is 2. The number of hydrogen-bond acceptors (Lipinski definition) is 2. The molecule has 1 aromatic carbocycles. The predicted molar refractivity (Wildman–Crippen MR) is 72.5 cm³/mol. The van der Waals surface area contributed by atoms with Crippen LogP contribution >= 0.6 is 11.6 Å². The van der Waals surface area contributed by atoms with Gasteiger partial charge in [0.2, 0.25) is 5.91 Å². The third-order valence-electron chi connectivity index (χ3n) is 2.77. The Kier molecular flexibility index (Phi) is 4.71. The molecule has 1 atom stereocenters. The zero-order chi connectivity index (χ0) is 15.7. The fourth-order valence-electron chi connectivity index (χ4n) is 1.40. The van der Waals surface area contributed by atoms with Gasteiger partial charge in [0.05, 0.1) is 22.3 Å². The van der Waals surface area contributed by atoms with Gasteiger partial charge in [0.1, 0.15) is 0 Å². The minimum atomic E-state index is -4.48. The number of nitrogens with two attached hydrogens (primary N) is 1. The molecule has 0 heterocycles. The summed E-state index contributed by atoms with van der Waals surface area (Å²) in [6.45, 7) is 5.35. The van der Waals surface area contributed by atoms with Gasteiger partial charge < -0.3 is 11.1 Å². The van der Waals surface area contributed by atoms with Gasteiger partial charge in [-0.15, -0.1) is 0 Å². The van der Waals surface area contributed by atoms with Crippen molar-refractivity contribution in [2.75, 3.05) is 5.32 Å². The number of nitrogens with one attached hydrogen (secondary N) is 1. The van der Waals surface area contributed by atoms with E-state index in [1.54, 1.807) is 20.8 Å². The summed E-state index contributed by atoms with van der Waals surface area (Å²) in [7, 11) is 0. The molecule has 0 saturated carbocycles. The van der Waals surface area contributed by atoms with E-state index in [4.69, 9.17) is 17.3 Å². The summed E-state index contributed by atoms with van der Waals surface area (Å²) in [6.07, 6.45) is -4.48. The minimum Gasteiger partial charge on any atom is -0.323 e. The number of anilines is 1. The molecular formula is C13H16ClF3N2O. The summed E-state index contributed by atoms with van der Waals surface area (Å²) in [6, 6.07) is 1.92. The van der Waals surface area contributed by atoms with E-state index in [9.17, 15) is 18.0 Å². The molecule has 0 aliphatic heterocycles. The van der Waals surface area contributed by atoms with Crippen molar-refractivity contribution in [2.24, 2.45) is 11.1 Å². The highest BCUT2D eigenvalue weighted by molar-refractivity contribution is 6.33. The second-order valence-electron chi connectivity index (χ2n) is 5.53. The second kappa shape index (κ2) is 5.61. The van der Waals surface area contributed by atoms with E-state index in [-0.39, 0.29) is 10.7 Å². The van der Waals surface area contributed by atoms with Gasteiger partial charge in [-0.2, -0.15) is 13.2 Å². The molecule has 0 saturated heterocycles. The largest absolute Gasteiger partial charge is 0.416 e. The van der Waals surface area contributed by atoms with Crippen molar-refractivity contribution in [1.82, 2.24) is 0 Å². The first kappa shape index (κ1) is 16.8. The molecule has 0 aromatic heterocycles. The Morgan fingerprint density at radius 1 is 1.30 bits per heavy atom. The van der Waals surface area contributed by atoms with Crippen molar-refractivity contribution in [1.29, 1.82) is 0 Å². The van der Waals surface area contributed by atoms with Crippen LogP contribution < -0.4 is 11.1 Å². The number of carbonyl (C=O) groups excluding carboxylic acids is 1. The van der Waals surface area contributed by atoms with Crippen molar-refractivity contribution in [3.63, 3.8) is 0 Å². The second-order valence-corrected chi connectivity index (χ2v) is 5.93. The van der Waals surface area contributed by atoms with Crippen molar-refractivity contribution >= 4 is 23.2 Å². The molecule has 0 bridgehead atoms. The molecule has 0 unspecified atom stereocenters. The number of halogens is 4. The third kappa shape index (κ3) is 4.11. The summed E-state index contributed by atoms with van der Waals surface area (Å²) < 4.78 is 37.4. The van der Waals surface area contributed by atoms with Crippen LogP contribution in [-0.4, -0.2) is 11.9 Å². The molecule has 0 radical (unpaired) electrons. The number of hydrogen-bond donors (Lipinski definition) is 2. The molecule has 20 heavy (non-hydrogen) atoms. The van der Waals surface area contributed by atoms with Gasteiger partial charge in [0.25, 0.3) is 0 Å². The summed E-state index contributed by atoms with van der Waals surface area (Å²) in [4.78, 5) is 11.9. The van der Waals surface area contributed by atoms with Crippen LogP contribution in [0.15, 0.2) is 18.2 Å². The van der Waals surface area contributed by atoms with Crippen molar-refractivity contribution in [3.05, 3.63) is 28.8 Å². The molecule has 3 nitrogen and oxygen atoms in total. The highest BCUT2D eigenvalue weighted by Crippen LogP contribution is 2.34. The van der Waals surface area contributed by atoms with E-state index in [0.717, 1.165) is 18.2 Å². The van der Waals surface area contributed by atoms with Crippen molar-refractivity contribution < 1.29 is 18.0 Å². The average Bonchev–Trinajstić information content (AvgIpc) is 2.28. The summed E-state index contributed by atoms with van der Waals surface area (Å²) in [5, 5.41) is 2.25. The van der Waals surface area contributed by atoms with Crippen LogP contribution in [0.2, 0.25) is 5.02 Å². The van der Waals surface area contributed by atoms with E-state index in [2.05, 4.69) is 5.32 Å². The Balaban J connectivity index is 2.93. The van der Waals surface area contributed by atoms with Crippen LogP contribution in [0.5, 0.6) is 0 Å². The van der Waals surface area contributed by atoms with Crippen LogP contribution in [0.4, 0.5) is 18.9 Å². The smallest absolute Gasteiger partial charge is 0.323 e. The van der Waals surface area contributed by atoms with E-state index in [1.165, 1.54) is 0 Å². The first-order valence-electron chi connectivity index (χ1n) is 5.86. The standard InChI is InChI=1S/C13H16ClF3N2O/c1-12(2,3)10(18)11(20)19-9-5-4-7(6-8(9)14)13(15,16)17/h4-6,10H,18H2,1-3H3,(H,19,20)/t10-/m1/s1. The van der Waals surface area contributed by atoms with Gasteiger partial charge in [-0.25, -0.2) is 0 Å². The van der Waals surface area contributed by atoms with Gasteiger partial charge >= 0.3 is 6.18 Å². The van der Waals surface area contributed by atoms with Crippen LogP contribution in [0.1, 0.15) is 26.3 Å². The van der Waals surface area contributed by atoms with Crippen molar-refractivity contribution in [3.8, 4) is 0 Å². The van der Waals surface area contributed by atoms with Crippen LogP contribution in [-0.2, 0) is 11.0 Å². The maximum atomic E-state index is 12.5. The molecule has 112 valence electrons. The minimum absolute atomic E-state index is 0.101. The topological polar surface area (TPSA) is 55.1 Å². The average molecular weight is 309 g/mol. The van der Waals surface area contributed by atoms with Gasteiger partial charge in [0, 0.05) is 0 Å². The Bertz CT molecular complexity index is 509.